The van der Waals surface area contributed by atoms with Crippen LogP contribution in [0.25, 0.3) is 0 Å². The first kappa shape index (κ1) is 44.6. The Kier molecular flexibility index (Phi) is 13.6. The molecule has 312 valence electrons. The molecule has 0 aromatic carbocycles. The minimum Gasteiger partial charge on any atom is -0.456 e. The summed E-state index contributed by atoms with van der Waals surface area (Å²) < 4.78 is 42.6. The summed E-state index contributed by atoms with van der Waals surface area (Å²) in [7, 11) is 0. The number of carbonyl (C=O) groups excluding carboxylic acids is 4. The summed E-state index contributed by atoms with van der Waals surface area (Å²) in [5.41, 5.74) is -3.36. The van der Waals surface area contributed by atoms with Crippen LogP contribution >= 0.6 is 0 Å². The molecule has 2 aliphatic carbocycles. The Hall–Kier alpha value is -3.08. The molecule has 4 N–H and O–H groups in total. The van der Waals surface area contributed by atoms with E-state index in [2.05, 4.69) is 11.9 Å². The van der Waals surface area contributed by atoms with E-state index in [0.29, 0.717) is 11.1 Å². The van der Waals surface area contributed by atoms with Crippen LogP contribution in [-0.2, 0) is 47.5 Å². The number of rotatable bonds is 12. The first-order valence-corrected chi connectivity index (χ1v) is 19.2. The number of alkyl carbamates (subject to hydrolysis) is 1. The number of aliphatic hydroxyl groups is 3. The summed E-state index contributed by atoms with van der Waals surface area (Å²) in [5, 5.41) is 36.6. The molecule has 4 rings (SSSR count). The molecule has 2 aliphatic heterocycles. The van der Waals surface area contributed by atoms with Gasteiger partial charge < -0.3 is 53.8 Å². The molecule has 2 saturated heterocycles. The van der Waals surface area contributed by atoms with Crippen LogP contribution in [0.2, 0.25) is 0 Å². The number of nitrogens with one attached hydrogen (secondary N) is 1. The average Bonchev–Trinajstić information content (AvgIpc) is 3.02. The van der Waals surface area contributed by atoms with Gasteiger partial charge in [-0.1, -0.05) is 41.2 Å². The molecule has 1 amide bonds. The molecule has 0 aromatic heterocycles. The van der Waals surface area contributed by atoms with Gasteiger partial charge in [0.05, 0.1) is 24.9 Å². The number of amides is 1. The molecule has 2 heterocycles. The number of aliphatic hydroxyl groups excluding tert-OH is 3. The van der Waals surface area contributed by atoms with Crippen molar-refractivity contribution in [2.24, 2.45) is 22.7 Å². The minimum absolute atomic E-state index is 0.0384. The Balaban J connectivity index is 1.84. The van der Waals surface area contributed by atoms with Crippen molar-refractivity contribution in [1.82, 2.24) is 5.32 Å². The van der Waals surface area contributed by atoms with E-state index in [-0.39, 0.29) is 38.2 Å². The Morgan fingerprint density at radius 1 is 1.05 bits per heavy atom. The molecule has 4 aliphatic rings. The molecule has 5 unspecified atom stereocenters. The summed E-state index contributed by atoms with van der Waals surface area (Å²) in [6.07, 6.45) is -7.35. The van der Waals surface area contributed by atoms with Crippen LogP contribution in [0.3, 0.4) is 0 Å². The van der Waals surface area contributed by atoms with E-state index in [9.17, 15) is 34.5 Å². The van der Waals surface area contributed by atoms with Crippen molar-refractivity contribution in [3.63, 3.8) is 0 Å². The summed E-state index contributed by atoms with van der Waals surface area (Å²) in [6.45, 7) is 22.1. The zero-order valence-electron chi connectivity index (χ0n) is 34.2. The predicted octanol–water partition coefficient (Wildman–Crippen LogP) is 3.64. The minimum atomic E-state index is -1.81. The van der Waals surface area contributed by atoms with E-state index in [1.165, 1.54) is 19.9 Å². The Morgan fingerprint density at radius 3 is 2.22 bits per heavy atom. The molecule has 4 fully saturated rings. The van der Waals surface area contributed by atoms with E-state index < -0.39 is 114 Å². The molecule has 2 saturated carbocycles. The fraction of sp³-hybridized carbons (Fsp3) is 0.800. The summed E-state index contributed by atoms with van der Waals surface area (Å²) in [4.78, 5) is 52.2. The van der Waals surface area contributed by atoms with Crippen molar-refractivity contribution >= 4 is 24.0 Å². The SMILES string of the molecule is C=CC1OC2CC3OC[C@@]3(OC(C)=O)[C@H]3[C@H](O)CC(C)(C)/C(=C(/C)[C@H](CCO)OC(=O)C(O)[C@H](CC(C)C)NC(=O)OC(C)(C)C)[C@H](OC(C)=O)[C@H](O1)C23C. The highest BCUT2D eigenvalue weighted by atomic mass is 16.7. The van der Waals surface area contributed by atoms with Crippen LogP contribution < -0.4 is 5.32 Å². The first-order chi connectivity index (χ1) is 25.4. The van der Waals surface area contributed by atoms with Gasteiger partial charge in [-0.2, -0.15) is 0 Å². The quantitative estimate of drug-likeness (QED) is 0.127. The van der Waals surface area contributed by atoms with E-state index in [4.69, 9.17) is 33.2 Å². The fourth-order valence-electron chi connectivity index (χ4n) is 9.43. The lowest BCUT2D eigenvalue weighted by Gasteiger charge is -2.68. The number of carbonyl (C=O) groups is 4. The maximum atomic E-state index is 13.8. The summed E-state index contributed by atoms with van der Waals surface area (Å²) >= 11 is 0. The second-order valence-corrected chi connectivity index (χ2v) is 17.8. The van der Waals surface area contributed by atoms with Crippen LogP contribution in [0.1, 0.15) is 102 Å². The zero-order valence-corrected chi connectivity index (χ0v) is 34.2. The molecule has 15 nitrogen and oxygen atoms in total. The van der Waals surface area contributed by atoms with Crippen LogP contribution in [0.5, 0.6) is 0 Å². The molecule has 0 spiro atoms. The standard InChI is InChI=1S/C40H63NO14/c1-13-29-52-27-17-28-40(19-49-28,54-23(6)44)33-25(45)18-38(10,11)30(32(50-22(5)43)34(53-29)39(27,33)12)21(4)26(14-15-42)51-35(47)31(46)24(16-20(2)3)41-36(48)55-37(7,8)9/h13,20,24-29,31-34,42,45-46H,1,14-19H2,2-12H3,(H,41,48)/b30-21-/t24-,25+,26-,27?,28?,29?,31?,32-,33-,34-,39?,40-/m0/s1. The first-order valence-electron chi connectivity index (χ1n) is 19.2. The van der Waals surface area contributed by atoms with Crippen LogP contribution in [0.15, 0.2) is 23.8 Å². The van der Waals surface area contributed by atoms with Gasteiger partial charge in [-0.3, -0.25) is 9.59 Å². The summed E-state index contributed by atoms with van der Waals surface area (Å²) in [6, 6.07) is -1.07. The van der Waals surface area contributed by atoms with E-state index in [0.717, 1.165) is 0 Å². The molecular weight excluding hydrogens is 718 g/mol. The lowest BCUT2D eigenvalue weighted by atomic mass is 9.48. The smallest absolute Gasteiger partial charge is 0.407 e. The number of ether oxygens (including phenoxy) is 7. The largest absolute Gasteiger partial charge is 0.456 e. The third kappa shape index (κ3) is 9.23. The van der Waals surface area contributed by atoms with Gasteiger partial charge in [0.2, 0.25) is 0 Å². The maximum absolute atomic E-state index is 13.8. The molecule has 55 heavy (non-hydrogen) atoms. The van der Waals surface area contributed by atoms with Crippen LogP contribution in [0.4, 0.5) is 4.79 Å². The van der Waals surface area contributed by atoms with E-state index in [1.54, 1.807) is 27.7 Å². The van der Waals surface area contributed by atoms with Gasteiger partial charge in [0.1, 0.15) is 23.9 Å². The van der Waals surface area contributed by atoms with Crippen molar-refractivity contribution in [3.05, 3.63) is 23.8 Å². The highest BCUT2D eigenvalue weighted by Gasteiger charge is 2.75. The van der Waals surface area contributed by atoms with E-state index >= 15 is 0 Å². The van der Waals surface area contributed by atoms with Gasteiger partial charge in [-0.15, -0.1) is 0 Å². The number of fused-ring (bicyclic) bond motifs is 2. The molecule has 0 aromatic rings. The highest BCUT2D eigenvalue weighted by Crippen LogP contribution is 2.63. The van der Waals surface area contributed by atoms with Crippen molar-refractivity contribution in [1.29, 1.82) is 0 Å². The van der Waals surface area contributed by atoms with Gasteiger partial charge in [0.25, 0.3) is 0 Å². The molecule has 0 bridgehead atoms. The van der Waals surface area contributed by atoms with Crippen LogP contribution in [0, 0.1) is 22.7 Å². The topological polar surface area (TPSA) is 206 Å². The molecule has 15 heteroatoms. The van der Waals surface area contributed by atoms with E-state index in [1.807, 2.05) is 34.6 Å². The Bertz CT molecular complexity index is 1490. The van der Waals surface area contributed by atoms with Crippen molar-refractivity contribution in [2.45, 2.75) is 168 Å². The number of esters is 3. The van der Waals surface area contributed by atoms with Gasteiger partial charge in [0, 0.05) is 44.6 Å². The third-order valence-electron chi connectivity index (χ3n) is 11.4. The van der Waals surface area contributed by atoms with Crippen molar-refractivity contribution in [3.8, 4) is 0 Å². The second-order valence-electron chi connectivity index (χ2n) is 17.8. The normalized spacial score (nSPS) is 35.1. The van der Waals surface area contributed by atoms with Gasteiger partial charge >= 0.3 is 24.0 Å². The second kappa shape index (κ2) is 16.8. The molecule has 12 atom stereocenters. The van der Waals surface area contributed by atoms with Gasteiger partial charge in [0.15, 0.2) is 24.1 Å². The monoisotopic (exact) mass is 781 g/mol. The maximum Gasteiger partial charge on any atom is 0.407 e. The molecular formula is C40H63NO14. The van der Waals surface area contributed by atoms with Crippen molar-refractivity contribution < 1.29 is 67.7 Å². The van der Waals surface area contributed by atoms with Crippen LogP contribution in [-0.4, -0.2) is 119 Å². The predicted molar refractivity (Wildman–Crippen MR) is 197 cm³/mol. The average molecular weight is 782 g/mol. The Morgan fingerprint density at radius 2 is 1.71 bits per heavy atom. The zero-order chi connectivity index (χ0) is 41.4. The number of hydrogen-bond donors (Lipinski definition) is 4. The summed E-state index contributed by atoms with van der Waals surface area (Å²) in [5.74, 6) is -3.07. The van der Waals surface area contributed by atoms with Crippen molar-refractivity contribution in [2.75, 3.05) is 13.2 Å². The lowest BCUT2D eigenvalue weighted by Crippen LogP contribution is -2.80. The third-order valence-corrected chi connectivity index (χ3v) is 11.4. The lowest BCUT2D eigenvalue weighted by molar-refractivity contribution is -0.395. The van der Waals surface area contributed by atoms with Gasteiger partial charge in [-0.25, -0.2) is 9.59 Å². The van der Waals surface area contributed by atoms with Gasteiger partial charge in [-0.05, 0) is 69.1 Å². The molecule has 0 radical (unpaired) electrons. The highest BCUT2D eigenvalue weighted by molar-refractivity contribution is 5.77. The Labute approximate surface area is 324 Å². The fourth-order valence-corrected chi connectivity index (χ4v) is 9.43. The number of hydrogen-bond acceptors (Lipinski definition) is 14.